The van der Waals surface area contributed by atoms with Crippen molar-refractivity contribution in [3.05, 3.63) is 64.5 Å². The number of fused-ring (bicyclic) bond motifs is 1. The van der Waals surface area contributed by atoms with E-state index in [0.717, 1.165) is 24.8 Å². The largest absolute Gasteiger partial charge is 0.484 e. The monoisotopic (exact) mass is 405 g/mol. The van der Waals surface area contributed by atoms with E-state index < -0.39 is 0 Å². The molecule has 1 N–H and O–H groups in total. The highest BCUT2D eigenvalue weighted by atomic mass is 16.5. The quantitative estimate of drug-likeness (QED) is 0.659. The maximum Gasteiger partial charge on any atom is 0.258 e. The van der Waals surface area contributed by atoms with Crippen molar-refractivity contribution in [2.24, 2.45) is 5.92 Å². The molecule has 0 radical (unpaired) electrons. The summed E-state index contributed by atoms with van der Waals surface area (Å²) in [5.41, 5.74) is 1.78. The van der Waals surface area contributed by atoms with Gasteiger partial charge in [-0.3, -0.25) is 9.59 Å². The second-order valence-corrected chi connectivity index (χ2v) is 8.11. The number of carbonyl (C=O) groups is 1. The Morgan fingerprint density at radius 1 is 1.13 bits per heavy atom. The first-order valence-electron chi connectivity index (χ1n) is 10.6. The molecule has 0 aliphatic heterocycles. The molecular weight excluding hydrogens is 378 g/mol. The number of aryl methyl sites for hydroxylation is 1. The van der Waals surface area contributed by atoms with Gasteiger partial charge in [0.05, 0.1) is 10.9 Å². The summed E-state index contributed by atoms with van der Waals surface area (Å²) in [6.45, 7) is 3.91. The minimum absolute atomic E-state index is 0.0555. The van der Waals surface area contributed by atoms with Gasteiger partial charge in [-0.1, -0.05) is 50.1 Å². The zero-order valence-corrected chi connectivity index (χ0v) is 17.4. The van der Waals surface area contributed by atoms with E-state index in [0.29, 0.717) is 34.0 Å². The fourth-order valence-corrected chi connectivity index (χ4v) is 4.24. The van der Waals surface area contributed by atoms with Gasteiger partial charge in [-0.05, 0) is 43.4 Å². The van der Waals surface area contributed by atoms with Crippen molar-refractivity contribution in [2.75, 3.05) is 6.61 Å². The summed E-state index contributed by atoms with van der Waals surface area (Å²) in [7, 11) is 0. The van der Waals surface area contributed by atoms with Crippen LogP contribution in [0.25, 0.3) is 22.1 Å². The summed E-state index contributed by atoms with van der Waals surface area (Å²) in [6.07, 6.45) is 4.57. The summed E-state index contributed by atoms with van der Waals surface area (Å²) in [5, 5.41) is 3.58. The predicted octanol–water partition coefficient (Wildman–Crippen LogP) is 4.84. The SMILES string of the molecule is Cc1oc2cc(OCC(=O)N[C@@H]3CCCC[C@@H]3C)ccc2c(=O)c1-c1ccccc1. The van der Waals surface area contributed by atoms with Crippen molar-refractivity contribution in [3.63, 3.8) is 0 Å². The smallest absolute Gasteiger partial charge is 0.258 e. The molecule has 1 aliphatic rings. The Kier molecular flexibility index (Phi) is 5.88. The number of hydrogen-bond donors (Lipinski definition) is 1. The number of amides is 1. The van der Waals surface area contributed by atoms with Crippen molar-refractivity contribution in [2.45, 2.75) is 45.6 Å². The second kappa shape index (κ2) is 8.74. The molecule has 0 spiro atoms. The molecule has 3 aromatic rings. The molecule has 1 fully saturated rings. The molecule has 0 saturated heterocycles. The molecule has 5 heteroatoms. The molecule has 1 aromatic heterocycles. The van der Waals surface area contributed by atoms with Gasteiger partial charge in [0.25, 0.3) is 5.91 Å². The third kappa shape index (κ3) is 4.25. The zero-order valence-electron chi connectivity index (χ0n) is 17.4. The van der Waals surface area contributed by atoms with Crippen molar-refractivity contribution in [1.29, 1.82) is 0 Å². The lowest BCUT2D eigenvalue weighted by Gasteiger charge is -2.29. The minimum atomic E-state index is -0.120. The van der Waals surface area contributed by atoms with E-state index in [-0.39, 0.29) is 24.0 Å². The molecule has 0 bridgehead atoms. The maximum absolute atomic E-state index is 13.0. The third-order valence-electron chi connectivity index (χ3n) is 5.93. The average molecular weight is 405 g/mol. The number of rotatable bonds is 5. The van der Waals surface area contributed by atoms with Gasteiger partial charge in [0.2, 0.25) is 5.43 Å². The second-order valence-electron chi connectivity index (χ2n) is 8.11. The van der Waals surface area contributed by atoms with Crippen LogP contribution in [0, 0.1) is 12.8 Å². The van der Waals surface area contributed by atoms with E-state index in [9.17, 15) is 9.59 Å². The van der Waals surface area contributed by atoms with Crippen LogP contribution in [0.3, 0.4) is 0 Å². The van der Waals surface area contributed by atoms with Crippen LogP contribution in [-0.2, 0) is 4.79 Å². The van der Waals surface area contributed by atoms with Crippen molar-refractivity contribution in [3.8, 4) is 16.9 Å². The summed E-state index contributed by atoms with van der Waals surface area (Å²) in [4.78, 5) is 25.3. The molecule has 30 heavy (non-hydrogen) atoms. The Balaban J connectivity index is 1.50. The lowest BCUT2D eigenvalue weighted by atomic mass is 9.86. The van der Waals surface area contributed by atoms with Crippen LogP contribution in [0.1, 0.15) is 38.4 Å². The van der Waals surface area contributed by atoms with Gasteiger partial charge in [-0.25, -0.2) is 0 Å². The van der Waals surface area contributed by atoms with E-state index in [1.807, 2.05) is 30.3 Å². The molecule has 5 nitrogen and oxygen atoms in total. The fraction of sp³-hybridized carbons (Fsp3) is 0.360. The lowest BCUT2D eigenvalue weighted by Crippen LogP contribution is -2.43. The van der Waals surface area contributed by atoms with Crippen LogP contribution in [0.2, 0.25) is 0 Å². The molecule has 1 saturated carbocycles. The first-order chi connectivity index (χ1) is 14.5. The number of carbonyl (C=O) groups excluding carboxylic acids is 1. The first kappa shape index (κ1) is 20.2. The zero-order chi connectivity index (χ0) is 21.1. The Labute approximate surface area is 176 Å². The molecule has 2 atom stereocenters. The Hall–Kier alpha value is -3.08. The van der Waals surface area contributed by atoms with Crippen LogP contribution in [0.4, 0.5) is 0 Å². The first-order valence-corrected chi connectivity index (χ1v) is 10.6. The van der Waals surface area contributed by atoms with Gasteiger partial charge < -0.3 is 14.5 Å². The Morgan fingerprint density at radius 2 is 1.90 bits per heavy atom. The summed E-state index contributed by atoms with van der Waals surface area (Å²) >= 11 is 0. The van der Waals surface area contributed by atoms with Gasteiger partial charge >= 0.3 is 0 Å². The average Bonchev–Trinajstić information content (AvgIpc) is 2.74. The minimum Gasteiger partial charge on any atom is -0.484 e. The Morgan fingerprint density at radius 3 is 2.67 bits per heavy atom. The number of hydrogen-bond acceptors (Lipinski definition) is 4. The Bertz CT molecular complexity index is 1100. The third-order valence-corrected chi connectivity index (χ3v) is 5.93. The highest BCUT2D eigenvalue weighted by Crippen LogP contribution is 2.26. The van der Waals surface area contributed by atoms with Gasteiger partial charge in [0.15, 0.2) is 6.61 Å². The topological polar surface area (TPSA) is 68.5 Å². The molecule has 0 unspecified atom stereocenters. The fourth-order valence-electron chi connectivity index (χ4n) is 4.24. The standard InChI is InChI=1S/C25H27NO4/c1-16-8-6-7-11-21(16)26-23(27)15-29-19-12-13-20-22(14-19)30-17(2)24(25(20)28)18-9-4-3-5-10-18/h3-5,9-10,12-14,16,21H,6-8,11,15H2,1-2H3,(H,26,27)/t16-,21+/m0/s1. The number of nitrogens with one attached hydrogen (secondary N) is 1. The maximum atomic E-state index is 13.0. The van der Waals surface area contributed by atoms with Crippen molar-refractivity contribution < 1.29 is 13.9 Å². The highest BCUT2D eigenvalue weighted by molar-refractivity contribution is 5.84. The molecule has 4 rings (SSSR count). The lowest BCUT2D eigenvalue weighted by molar-refractivity contribution is -0.124. The summed E-state index contributed by atoms with van der Waals surface area (Å²) < 4.78 is 11.6. The van der Waals surface area contributed by atoms with E-state index >= 15 is 0 Å². The van der Waals surface area contributed by atoms with Crippen LogP contribution in [0.15, 0.2) is 57.7 Å². The highest BCUT2D eigenvalue weighted by Gasteiger charge is 2.23. The van der Waals surface area contributed by atoms with Crippen molar-refractivity contribution in [1.82, 2.24) is 5.32 Å². The normalized spacial score (nSPS) is 18.9. The molecule has 2 aromatic carbocycles. The van der Waals surface area contributed by atoms with Gasteiger partial charge in [0, 0.05) is 12.1 Å². The van der Waals surface area contributed by atoms with E-state index in [2.05, 4.69) is 12.2 Å². The van der Waals surface area contributed by atoms with Gasteiger partial charge in [-0.15, -0.1) is 0 Å². The van der Waals surface area contributed by atoms with Crippen molar-refractivity contribution >= 4 is 16.9 Å². The van der Waals surface area contributed by atoms with Crippen LogP contribution < -0.4 is 15.5 Å². The van der Waals surface area contributed by atoms with E-state index in [4.69, 9.17) is 9.15 Å². The van der Waals surface area contributed by atoms with Crippen LogP contribution >= 0.6 is 0 Å². The molecule has 1 amide bonds. The van der Waals surface area contributed by atoms with Crippen LogP contribution in [0.5, 0.6) is 5.75 Å². The summed E-state index contributed by atoms with van der Waals surface area (Å²) in [6, 6.07) is 14.8. The van der Waals surface area contributed by atoms with Gasteiger partial charge in [-0.2, -0.15) is 0 Å². The molecule has 1 aliphatic carbocycles. The number of benzene rings is 2. The summed E-state index contributed by atoms with van der Waals surface area (Å²) in [5.74, 6) is 1.44. The predicted molar refractivity (Wildman–Crippen MR) is 118 cm³/mol. The van der Waals surface area contributed by atoms with E-state index in [1.54, 1.807) is 25.1 Å². The number of ether oxygens (including phenoxy) is 1. The molecule has 1 heterocycles. The van der Waals surface area contributed by atoms with Gasteiger partial charge in [0.1, 0.15) is 17.1 Å². The van der Waals surface area contributed by atoms with Crippen LogP contribution in [-0.4, -0.2) is 18.6 Å². The molecular formula is C25H27NO4. The molecule has 156 valence electrons. The van der Waals surface area contributed by atoms with E-state index in [1.165, 1.54) is 6.42 Å².